The number of rotatable bonds is 4. The highest BCUT2D eigenvalue weighted by molar-refractivity contribution is 5.82. The molecule has 108 valence electrons. The minimum Gasteiger partial charge on any atom is -0.399 e. The third kappa shape index (κ3) is 3.12. The van der Waals surface area contributed by atoms with Crippen LogP contribution in [-0.4, -0.2) is 29.4 Å². The molecule has 0 aromatic heterocycles. The summed E-state index contributed by atoms with van der Waals surface area (Å²) in [6.45, 7) is 1.65. The summed E-state index contributed by atoms with van der Waals surface area (Å²) < 4.78 is 0. The quantitative estimate of drug-likeness (QED) is 0.824. The molecular formula is C16H23N3O. The first-order valence-electron chi connectivity index (χ1n) is 7.62. The molecule has 1 aliphatic heterocycles. The van der Waals surface area contributed by atoms with Crippen LogP contribution in [0.4, 0.5) is 5.69 Å². The molecule has 1 atom stereocenters. The Morgan fingerprint density at radius 1 is 1.25 bits per heavy atom. The molecule has 1 saturated heterocycles. The fraction of sp³-hybridized carbons (Fsp3) is 0.562. The summed E-state index contributed by atoms with van der Waals surface area (Å²) in [6, 6.07) is 8.62. The van der Waals surface area contributed by atoms with Crippen LogP contribution in [-0.2, 0) is 11.3 Å². The molecule has 4 heteroatoms. The Bertz CT molecular complexity index is 484. The highest BCUT2D eigenvalue weighted by Gasteiger charge is 2.37. The van der Waals surface area contributed by atoms with E-state index in [0.29, 0.717) is 6.04 Å². The Labute approximate surface area is 120 Å². The molecule has 2 fully saturated rings. The Morgan fingerprint density at radius 2 is 2.10 bits per heavy atom. The van der Waals surface area contributed by atoms with E-state index < -0.39 is 0 Å². The summed E-state index contributed by atoms with van der Waals surface area (Å²) in [7, 11) is 0. The highest BCUT2D eigenvalue weighted by Crippen LogP contribution is 2.32. The molecule has 1 aromatic carbocycles. The topological polar surface area (TPSA) is 58.4 Å². The lowest BCUT2D eigenvalue weighted by atomic mass is 10.1. The third-order valence-corrected chi connectivity index (χ3v) is 4.24. The van der Waals surface area contributed by atoms with Crippen molar-refractivity contribution in [3.63, 3.8) is 0 Å². The number of carbonyl (C=O) groups excluding carboxylic acids is 1. The molecule has 1 amide bonds. The van der Waals surface area contributed by atoms with Crippen LogP contribution < -0.4 is 11.1 Å². The van der Waals surface area contributed by atoms with Gasteiger partial charge in [0.1, 0.15) is 0 Å². The number of anilines is 1. The van der Waals surface area contributed by atoms with Crippen molar-refractivity contribution in [2.75, 3.05) is 12.3 Å². The van der Waals surface area contributed by atoms with Crippen LogP contribution in [0.2, 0.25) is 0 Å². The van der Waals surface area contributed by atoms with E-state index in [1.807, 2.05) is 18.2 Å². The number of hydrogen-bond donors (Lipinski definition) is 2. The molecule has 0 bridgehead atoms. The maximum Gasteiger partial charge on any atom is 0.237 e. The van der Waals surface area contributed by atoms with Crippen molar-refractivity contribution in [3.05, 3.63) is 29.8 Å². The van der Waals surface area contributed by atoms with Gasteiger partial charge >= 0.3 is 0 Å². The number of amides is 1. The minimum atomic E-state index is 0.0337. The van der Waals surface area contributed by atoms with Crippen LogP contribution in [0, 0.1) is 0 Å². The monoisotopic (exact) mass is 273 g/mol. The Morgan fingerprint density at radius 3 is 2.85 bits per heavy atom. The molecule has 20 heavy (non-hydrogen) atoms. The summed E-state index contributed by atoms with van der Waals surface area (Å²) in [5, 5.41) is 3.05. The number of nitrogen functional groups attached to an aromatic ring is 1. The molecule has 1 unspecified atom stereocenters. The van der Waals surface area contributed by atoms with E-state index >= 15 is 0 Å². The van der Waals surface area contributed by atoms with Crippen LogP contribution in [0.1, 0.15) is 37.7 Å². The summed E-state index contributed by atoms with van der Waals surface area (Å²) in [5.41, 5.74) is 7.86. The van der Waals surface area contributed by atoms with E-state index in [4.69, 9.17) is 5.73 Å². The zero-order valence-electron chi connectivity index (χ0n) is 11.8. The molecule has 3 rings (SSSR count). The highest BCUT2D eigenvalue weighted by atomic mass is 16.2. The van der Waals surface area contributed by atoms with Gasteiger partial charge in [0.2, 0.25) is 5.91 Å². The number of carbonyl (C=O) groups is 1. The Balaban J connectivity index is 1.76. The number of benzene rings is 1. The second-order valence-electron chi connectivity index (χ2n) is 5.95. The second kappa shape index (κ2) is 5.83. The molecule has 2 aliphatic rings. The molecule has 0 radical (unpaired) electrons. The lowest BCUT2D eigenvalue weighted by Crippen LogP contribution is -2.46. The maximum atomic E-state index is 12.3. The van der Waals surface area contributed by atoms with E-state index in [2.05, 4.69) is 16.3 Å². The van der Waals surface area contributed by atoms with Gasteiger partial charge in [0, 0.05) is 24.8 Å². The van der Waals surface area contributed by atoms with Gasteiger partial charge in [0.05, 0.1) is 6.04 Å². The van der Waals surface area contributed by atoms with Crippen molar-refractivity contribution in [1.29, 1.82) is 0 Å². The fourth-order valence-corrected chi connectivity index (χ4v) is 3.04. The van der Waals surface area contributed by atoms with Crippen molar-refractivity contribution in [2.24, 2.45) is 0 Å². The van der Waals surface area contributed by atoms with Gasteiger partial charge in [-0.15, -0.1) is 0 Å². The van der Waals surface area contributed by atoms with Crippen molar-refractivity contribution in [1.82, 2.24) is 10.2 Å². The van der Waals surface area contributed by atoms with Crippen molar-refractivity contribution < 1.29 is 4.79 Å². The first kappa shape index (κ1) is 13.4. The maximum absolute atomic E-state index is 12.3. The number of nitrogens with two attached hydrogens (primary N) is 1. The smallest absolute Gasteiger partial charge is 0.237 e. The lowest BCUT2D eigenvalue weighted by molar-refractivity contribution is -0.126. The predicted molar refractivity (Wildman–Crippen MR) is 80.1 cm³/mol. The van der Waals surface area contributed by atoms with Crippen molar-refractivity contribution >= 4 is 11.6 Å². The fourth-order valence-electron chi connectivity index (χ4n) is 3.04. The van der Waals surface area contributed by atoms with E-state index in [0.717, 1.165) is 38.0 Å². The third-order valence-electron chi connectivity index (χ3n) is 4.24. The zero-order chi connectivity index (χ0) is 13.9. The Hall–Kier alpha value is -1.55. The lowest BCUT2D eigenvalue weighted by Gasteiger charge is -2.30. The first-order chi connectivity index (χ1) is 9.74. The van der Waals surface area contributed by atoms with E-state index in [1.165, 1.54) is 18.4 Å². The summed E-state index contributed by atoms with van der Waals surface area (Å²) in [5.74, 6) is 0.207. The van der Waals surface area contributed by atoms with E-state index in [9.17, 15) is 4.79 Å². The van der Waals surface area contributed by atoms with Gasteiger partial charge in [-0.1, -0.05) is 12.1 Å². The van der Waals surface area contributed by atoms with Gasteiger partial charge in [-0.25, -0.2) is 0 Å². The van der Waals surface area contributed by atoms with Gasteiger partial charge in [-0.2, -0.15) is 0 Å². The normalized spacial score (nSPS) is 23.4. The standard InChI is InChI=1S/C16H23N3O/c17-13-5-3-4-12(10-13)11-19(14-7-8-14)15-6-1-2-9-18-16(15)20/h3-5,10,14-15H,1-2,6-9,11,17H2,(H,18,20). The molecule has 3 N–H and O–H groups in total. The van der Waals surface area contributed by atoms with E-state index in [1.54, 1.807) is 0 Å². The predicted octanol–water partition coefficient (Wildman–Crippen LogP) is 1.90. The van der Waals surface area contributed by atoms with Crippen LogP contribution >= 0.6 is 0 Å². The van der Waals surface area contributed by atoms with Crippen molar-refractivity contribution in [3.8, 4) is 0 Å². The van der Waals surface area contributed by atoms with E-state index in [-0.39, 0.29) is 11.9 Å². The SMILES string of the molecule is Nc1cccc(CN(C2CC2)C2CCCCNC2=O)c1. The zero-order valence-corrected chi connectivity index (χ0v) is 11.8. The molecule has 1 saturated carbocycles. The Kier molecular flexibility index (Phi) is 3.92. The second-order valence-corrected chi connectivity index (χ2v) is 5.95. The van der Waals surface area contributed by atoms with Gasteiger partial charge in [-0.3, -0.25) is 9.69 Å². The van der Waals surface area contributed by atoms with Gasteiger partial charge in [0.25, 0.3) is 0 Å². The van der Waals surface area contributed by atoms with Crippen LogP contribution in [0.5, 0.6) is 0 Å². The average molecular weight is 273 g/mol. The number of nitrogens with one attached hydrogen (secondary N) is 1. The summed E-state index contributed by atoms with van der Waals surface area (Å²) >= 11 is 0. The number of nitrogens with zero attached hydrogens (tertiary/aromatic N) is 1. The molecule has 1 aliphatic carbocycles. The van der Waals surface area contributed by atoms with Gasteiger partial charge in [-0.05, 0) is 49.8 Å². The van der Waals surface area contributed by atoms with Crippen LogP contribution in [0.15, 0.2) is 24.3 Å². The molecule has 4 nitrogen and oxygen atoms in total. The van der Waals surface area contributed by atoms with Gasteiger partial charge in [0.15, 0.2) is 0 Å². The molecule has 0 spiro atoms. The van der Waals surface area contributed by atoms with Crippen molar-refractivity contribution in [2.45, 2.75) is 50.7 Å². The van der Waals surface area contributed by atoms with Gasteiger partial charge < -0.3 is 11.1 Å². The molecular weight excluding hydrogens is 250 g/mol. The van der Waals surface area contributed by atoms with Crippen LogP contribution in [0.3, 0.4) is 0 Å². The summed E-state index contributed by atoms with van der Waals surface area (Å²) in [6.07, 6.45) is 5.63. The largest absolute Gasteiger partial charge is 0.399 e. The summed E-state index contributed by atoms with van der Waals surface area (Å²) in [4.78, 5) is 14.7. The molecule has 1 heterocycles. The molecule has 1 aromatic rings. The average Bonchev–Trinajstić information content (AvgIpc) is 3.24. The first-order valence-corrected chi connectivity index (χ1v) is 7.62. The van der Waals surface area contributed by atoms with Crippen LogP contribution in [0.25, 0.3) is 0 Å². The number of hydrogen-bond acceptors (Lipinski definition) is 3. The minimum absolute atomic E-state index is 0.0337.